The summed E-state index contributed by atoms with van der Waals surface area (Å²) in [6.07, 6.45) is 1.76. The lowest BCUT2D eigenvalue weighted by molar-refractivity contribution is -0.114. The fraction of sp³-hybridized carbons (Fsp3) is 0.286. The third-order valence-electron chi connectivity index (χ3n) is 5.04. The molecule has 0 N–H and O–H groups in total. The van der Waals surface area contributed by atoms with Gasteiger partial charge >= 0.3 is 0 Å². The molecule has 3 aromatic rings. The molecule has 144 valence electrons. The summed E-state index contributed by atoms with van der Waals surface area (Å²) in [5.74, 6) is 0.520. The van der Waals surface area contributed by atoms with Gasteiger partial charge < -0.3 is 9.32 Å². The minimum absolute atomic E-state index is 0.0311. The first-order valence-electron chi connectivity index (χ1n) is 9.01. The molecule has 1 unspecified atom stereocenters. The third kappa shape index (κ3) is 3.29. The summed E-state index contributed by atoms with van der Waals surface area (Å²) in [6.45, 7) is 6.17. The maximum atomic E-state index is 12.9. The van der Waals surface area contributed by atoms with Crippen LogP contribution in [0.5, 0.6) is 0 Å². The van der Waals surface area contributed by atoms with Crippen molar-refractivity contribution in [3.63, 3.8) is 0 Å². The van der Waals surface area contributed by atoms with Gasteiger partial charge in [-0.05, 0) is 30.0 Å². The van der Waals surface area contributed by atoms with Crippen molar-refractivity contribution in [3.8, 4) is 10.8 Å². The van der Waals surface area contributed by atoms with E-state index in [1.165, 1.54) is 17.3 Å². The fourth-order valence-corrected chi connectivity index (χ4v) is 4.82. The number of aromatic nitrogens is 2. The summed E-state index contributed by atoms with van der Waals surface area (Å²) in [5, 5.41) is 10.2. The average molecular weight is 412 g/mol. The number of benzene rings is 1. The number of likely N-dealkylation sites (N-methyl/N-ethyl adjacent to an activating group) is 1. The van der Waals surface area contributed by atoms with E-state index in [1.807, 2.05) is 43.6 Å². The molecule has 2 aromatic heterocycles. The lowest BCUT2D eigenvalue weighted by Crippen LogP contribution is -2.25. The van der Waals surface area contributed by atoms with Gasteiger partial charge in [0, 0.05) is 29.9 Å². The number of hydrogen-bond acceptors (Lipinski definition) is 7. The molecule has 0 amide bonds. The molecule has 0 saturated heterocycles. The van der Waals surface area contributed by atoms with E-state index in [9.17, 15) is 4.79 Å². The van der Waals surface area contributed by atoms with Crippen molar-refractivity contribution in [2.45, 2.75) is 36.7 Å². The number of anilines is 1. The largest absolute Gasteiger partial charge is 0.410 e. The molecule has 1 aliphatic rings. The van der Waals surface area contributed by atoms with Gasteiger partial charge in [-0.25, -0.2) is 0 Å². The highest BCUT2D eigenvalue weighted by Crippen LogP contribution is 2.46. The lowest BCUT2D eigenvalue weighted by Gasteiger charge is -2.24. The molecule has 7 heteroatoms. The Morgan fingerprint density at radius 3 is 2.75 bits per heavy atom. The Hall–Kier alpha value is -2.38. The minimum Gasteiger partial charge on any atom is -0.410 e. The van der Waals surface area contributed by atoms with Gasteiger partial charge in [0.2, 0.25) is 0 Å². The topological polar surface area (TPSA) is 59.2 Å². The summed E-state index contributed by atoms with van der Waals surface area (Å²) >= 11 is 2.83. The molecular formula is C21H21N3O2S2. The molecule has 0 saturated carbocycles. The van der Waals surface area contributed by atoms with Crippen molar-refractivity contribution in [1.82, 2.24) is 10.2 Å². The van der Waals surface area contributed by atoms with E-state index in [2.05, 4.69) is 41.1 Å². The molecule has 4 rings (SSSR count). The van der Waals surface area contributed by atoms with E-state index in [0.29, 0.717) is 11.1 Å². The smallest absolute Gasteiger partial charge is 0.277 e. The molecule has 1 atom stereocenters. The van der Waals surface area contributed by atoms with Crippen molar-refractivity contribution in [1.29, 1.82) is 0 Å². The zero-order chi connectivity index (χ0) is 19.9. The van der Waals surface area contributed by atoms with Crippen LogP contribution in [0.1, 0.15) is 26.3 Å². The summed E-state index contributed by atoms with van der Waals surface area (Å²) in [6, 6.07) is 12.1. The number of ketones is 1. The Balaban J connectivity index is 1.52. The average Bonchev–Trinajstić information content (AvgIpc) is 3.39. The monoisotopic (exact) mass is 411 g/mol. The Bertz CT molecular complexity index is 1040. The second-order valence-electron chi connectivity index (χ2n) is 7.24. The zero-order valence-electron chi connectivity index (χ0n) is 16.2. The maximum Gasteiger partial charge on any atom is 0.277 e. The molecule has 3 heterocycles. The molecule has 0 spiro atoms. The minimum atomic E-state index is -0.322. The van der Waals surface area contributed by atoms with Crippen LogP contribution in [0, 0.1) is 0 Å². The first-order valence-corrected chi connectivity index (χ1v) is 10.8. The molecule has 0 aliphatic carbocycles. The van der Waals surface area contributed by atoms with Gasteiger partial charge in [0.1, 0.15) is 0 Å². The van der Waals surface area contributed by atoms with E-state index in [-0.39, 0.29) is 16.4 Å². The number of hydrogen-bond donors (Lipinski definition) is 0. The quantitative estimate of drug-likeness (QED) is 0.427. The number of nitrogens with zero attached hydrogens (tertiary/aromatic N) is 3. The normalized spacial score (nSPS) is 17.7. The first kappa shape index (κ1) is 19.0. The molecule has 0 bridgehead atoms. The standard InChI is InChI=1S/C21H21N3O2S2/c1-13(28-20-23-22-19(26-20)17-10-7-11-27-17)16(25)12-18-21(2,3)14-8-5-6-9-15(14)24(18)4/h5-13H,1-4H3/b18-12-. The molecule has 1 aromatic carbocycles. The van der Waals surface area contributed by atoms with E-state index >= 15 is 0 Å². The number of para-hydroxylation sites is 1. The fourth-order valence-electron chi connectivity index (χ4n) is 3.48. The van der Waals surface area contributed by atoms with E-state index < -0.39 is 0 Å². The van der Waals surface area contributed by atoms with Gasteiger partial charge in [0.25, 0.3) is 11.1 Å². The van der Waals surface area contributed by atoms with Crippen molar-refractivity contribution in [2.24, 2.45) is 0 Å². The van der Waals surface area contributed by atoms with E-state index in [1.54, 1.807) is 17.4 Å². The van der Waals surface area contributed by atoms with Gasteiger partial charge in [-0.3, -0.25) is 4.79 Å². The first-order chi connectivity index (χ1) is 13.4. The second kappa shape index (κ2) is 7.22. The van der Waals surface area contributed by atoms with Gasteiger partial charge in [-0.1, -0.05) is 49.9 Å². The van der Waals surface area contributed by atoms with Crippen molar-refractivity contribution in [3.05, 3.63) is 59.1 Å². The van der Waals surface area contributed by atoms with Crippen molar-refractivity contribution < 1.29 is 9.21 Å². The molecule has 5 nitrogen and oxygen atoms in total. The highest BCUT2D eigenvalue weighted by molar-refractivity contribution is 8.00. The summed E-state index contributed by atoms with van der Waals surface area (Å²) in [7, 11) is 2.01. The number of rotatable bonds is 5. The Kier molecular flexibility index (Phi) is 4.89. The Labute approximate surface area is 172 Å². The Morgan fingerprint density at radius 2 is 2.04 bits per heavy atom. The predicted molar refractivity (Wildman–Crippen MR) is 114 cm³/mol. The van der Waals surface area contributed by atoms with Crippen LogP contribution in [0.4, 0.5) is 5.69 Å². The predicted octanol–water partition coefficient (Wildman–Crippen LogP) is 5.16. The lowest BCUT2D eigenvalue weighted by atomic mass is 9.83. The van der Waals surface area contributed by atoms with Gasteiger partial charge in [-0.2, -0.15) is 0 Å². The number of carbonyl (C=O) groups is 1. The highest BCUT2D eigenvalue weighted by Gasteiger charge is 2.38. The maximum absolute atomic E-state index is 12.9. The Morgan fingerprint density at radius 1 is 1.25 bits per heavy atom. The van der Waals surface area contributed by atoms with Crippen LogP contribution in [0.25, 0.3) is 10.8 Å². The van der Waals surface area contributed by atoms with Crippen molar-refractivity contribution >= 4 is 34.6 Å². The second-order valence-corrected chi connectivity index (χ2v) is 9.48. The van der Waals surface area contributed by atoms with Crippen molar-refractivity contribution in [2.75, 3.05) is 11.9 Å². The number of thiophene rings is 1. The molecular weight excluding hydrogens is 390 g/mol. The number of fused-ring (bicyclic) bond motifs is 1. The van der Waals surface area contributed by atoms with Gasteiger partial charge in [0.15, 0.2) is 5.78 Å². The molecule has 28 heavy (non-hydrogen) atoms. The van der Waals surface area contributed by atoms with Crippen LogP contribution < -0.4 is 4.90 Å². The third-order valence-corrected chi connectivity index (χ3v) is 6.85. The zero-order valence-corrected chi connectivity index (χ0v) is 17.8. The number of carbonyl (C=O) groups excluding carboxylic acids is 1. The van der Waals surface area contributed by atoms with Crippen LogP contribution in [0.15, 0.2) is 63.2 Å². The SMILES string of the molecule is CC(Sc1nnc(-c2cccs2)o1)C(=O)/C=C1\N(C)c2ccccc2C1(C)C. The molecule has 1 aliphatic heterocycles. The van der Waals surface area contributed by atoms with E-state index in [4.69, 9.17) is 4.42 Å². The van der Waals surface area contributed by atoms with Gasteiger partial charge in [0.05, 0.1) is 10.1 Å². The van der Waals surface area contributed by atoms with Gasteiger partial charge in [-0.15, -0.1) is 21.5 Å². The van der Waals surface area contributed by atoms with Crippen LogP contribution in [0.2, 0.25) is 0 Å². The number of thioether (sulfide) groups is 1. The molecule has 0 fully saturated rings. The van der Waals surface area contributed by atoms with Crippen LogP contribution in [0.3, 0.4) is 0 Å². The summed E-state index contributed by atoms with van der Waals surface area (Å²) < 4.78 is 5.70. The number of allylic oxidation sites excluding steroid dienone is 2. The summed E-state index contributed by atoms with van der Waals surface area (Å²) in [4.78, 5) is 15.9. The van der Waals surface area contributed by atoms with E-state index in [0.717, 1.165) is 16.3 Å². The van der Waals surface area contributed by atoms with Crippen LogP contribution in [-0.4, -0.2) is 28.3 Å². The van der Waals surface area contributed by atoms with Crippen LogP contribution in [-0.2, 0) is 10.2 Å². The highest BCUT2D eigenvalue weighted by atomic mass is 32.2. The summed E-state index contributed by atoms with van der Waals surface area (Å²) in [5.41, 5.74) is 3.15. The van der Waals surface area contributed by atoms with Crippen LogP contribution >= 0.6 is 23.1 Å². The molecule has 0 radical (unpaired) electrons.